The summed E-state index contributed by atoms with van der Waals surface area (Å²) in [6.07, 6.45) is 2.82. The van der Waals surface area contributed by atoms with Gasteiger partial charge in [0, 0.05) is 16.4 Å². The van der Waals surface area contributed by atoms with E-state index in [1.54, 1.807) is 0 Å². The van der Waals surface area contributed by atoms with E-state index >= 15 is 0 Å². The third-order valence-corrected chi connectivity index (χ3v) is 3.26. The highest BCUT2D eigenvalue weighted by Gasteiger charge is 2.25. The lowest BCUT2D eigenvalue weighted by Gasteiger charge is -2.28. The van der Waals surface area contributed by atoms with E-state index in [9.17, 15) is 0 Å². The maximum atomic E-state index is 5.83. The molecule has 1 atom stereocenters. The molecule has 0 spiro atoms. The lowest BCUT2D eigenvalue weighted by atomic mass is 9.80. The van der Waals surface area contributed by atoms with Gasteiger partial charge in [-0.05, 0) is 18.1 Å². The SMILES string of the molecule is C=CCC(C)(CN)c1ccccc1Br. The lowest BCUT2D eigenvalue weighted by molar-refractivity contribution is 0.489. The third kappa shape index (κ3) is 2.25. The molecule has 0 amide bonds. The number of nitrogens with two attached hydrogens (primary N) is 1. The van der Waals surface area contributed by atoms with E-state index in [1.807, 2.05) is 24.3 Å². The summed E-state index contributed by atoms with van der Waals surface area (Å²) in [7, 11) is 0. The van der Waals surface area contributed by atoms with Crippen LogP contribution in [0.25, 0.3) is 0 Å². The summed E-state index contributed by atoms with van der Waals surface area (Å²) in [6, 6.07) is 8.21. The Bertz CT molecular complexity index is 322. The average molecular weight is 254 g/mol. The molecule has 1 unspecified atom stereocenters. The molecule has 0 bridgehead atoms. The Kier molecular flexibility index (Phi) is 3.90. The normalized spacial score (nSPS) is 14.8. The summed E-state index contributed by atoms with van der Waals surface area (Å²) in [6.45, 7) is 6.57. The standard InChI is InChI=1S/C12H16BrN/c1-3-8-12(2,9-14)10-6-4-5-7-11(10)13/h3-7H,1,8-9,14H2,2H3. The molecule has 2 heteroatoms. The first-order valence-electron chi connectivity index (χ1n) is 4.70. The Morgan fingerprint density at radius 1 is 1.50 bits per heavy atom. The topological polar surface area (TPSA) is 26.0 Å². The minimum atomic E-state index is -0.0121. The van der Waals surface area contributed by atoms with Crippen molar-refractivity contribution in [3.8, 4) is 0 Å². The highest BCUT2D eigenvalue weighted by atomic mass is 79.9. The minimum absolute atomic E-state index is 0.0121. The third-order valence-electron chi connectivity index (χ3n) is 2.57. The molecule has 0 heterocycles. The lowest BCUT2D eigenvalue weighted by Crippen LogP contribution is -2.31. The molecule has 2 N–H and O–H groups in total. The van der Waals surface area contributed by atoms with Crippen molar-refractivity contribution in [1.82, 2.24) is 0 Å². The summed E-state index contributed by atoms with van der Waals surface area (Å²) in [4.78, 5) is 0. The molecule has 1 rings (SSSR count). The maximum Gasteiger partial charge on any atom is 0.0213 e. The molecular weight excluding hydrogens is 238 g/mol. The molecule has 1 aromatic carbocycles. The van der Waals surface area contributed by atoms with E-state index in [-0.39, 0.29) is 5.41 Å². The van der Waals surface area contributed by atoms with Gasteiger partial charge in [-0.25, -0.2) is 0 Å². The Morgan fingerprint density at radius 2 is 2.14 bits per heavy atom. The quantitative estimate of drug-likeness (QED) is 0.820. The number of hydrogen-bond acceptors (Lipinski definition) is 1. The fraction of sp³-hybridized carbons (Fsp3) is 0.333. The van der Waals surface area contributed by atoms with Crippen LogP contribution in [0.5, 0.6) is 0 Å². The Labute approximate surface area is 94.1 Å². The summed E-state index contributed by atoms with van der Waals surface area (Å²) in [5.41, 5.74) is 7.07. The van der Waals surface area contributed by atoms with Crippen LogP contribution in [0.15, 0.2) is 41.4 Å². The maximum absolute atomic E-state index is 5.83. The zero-order valence-electron chi connectivity index (χ0n) is 8.46. The van der Waals surface area contributed by atoms with Gasteiger partial charge in [-0.1, -0.05) is 47.1 Å². The smallest absolute Gasteiger partial charge is 0.0213 e. The molecular formula is C12H16BrN. The summed E-state index contributed by atoms with van der Waals surface area (Å²) < 4.78 is 1.12. The first kappa shape index (κ1) is 11.5. The van der Waals surface area contributed by atoms with Crippen LogP contribution >= 0.6 is 15.9 Å². The largest absolute Gasteiger partial charge is 0.330 e. The Balaban J connectivity index is 3.11. The van der Waals surface area contributed by atoms with Gasteiger partial charge in [0.05, 0.1) is 0 Å². The number of halogens is 1. The molecule has 76 valence electrons. The van der Waals surface area contributed by atoms with Crippen molar-refractivity contribution < 1.29 is 0 Å². The van der Waals surface area contributed by atoms with Crippen LogP contribution in [0.4, 0.5) is 0 Å². The monoisotopic (exact) mass is 253 g/mol. The van der Waals surface area contributed by atoms with E-state index < -0.39 is 0 Å². The van der Waals surface area contributed by atoms with Gasteiger partial charge < -0.3 is 5.73 Å². The molecule has 0 aliphatic rings. The second kappa shape index (κ2) is 4.76. The second-order valence-electron chi connectivity index (χ2n) is 3.74. The van der Waals surface area contributed by atoms with Crippen molar-refractivity contribution in [2.24, 2.45) is 5.73 Å². The zero-order valence-corrected chi connectivity index (χ0v) is 10.0. The van der Waals surface area contributed by atoms with Crippen molar-refractivity contribution >= 4 is 15.9 Å². The van der Waals surface area contributed by atoms with Gasteiger partial charge in [0.25, 0.3) is 0 Å². The first-order valence-corrected chi connectivity index (χ1v) is 5.49. The molecule has 0 aromatic heterocycles. The molecule has 1 aromatic rings. The van der Waals surface area contributed by atoms with Gasteiger partial charge in [0.1, 0.15) is 0 Å². The summed E-state index contributed by atoms with van der Waals surface area (Å²) >= 11 is 3.55. The molecule has 0 saturated carbocycles. The van der Waals surface area contributed by atoms with Crippen LogP contribution in [0.1, 0.15) is 18.9 Å². The van der Waals surface area contributed by atoms with E-state index in [1.165, 1.54) is 5.56 Å². The summed E-state index contributed by atoms with van der Waals surface area (Å²) in [5.74, 6) is 0. The van der Waals surface area contributed by atoms with Crippen LogP contribution in [-0.2, 0) is 5.41 Å². The van der Waals surface area contributed by atoms with Gasteiger partial charge in [-0.15, -0.1) is 6.58 Å². The molecule has 0 saturated heterocycles. The van der Waals surface area contributed by atoms with Crippen molar-refractivity contribution in [1.29, 1.82) is 0 Å². The minimum Gasteiger partial charge on any atom is -0.330 e. The van der Waals surface area contributed by atoms with Crippen LogP contribution in [0.2, 0.25) is 0 Å². The molecule has 0 aliphatic carbocycles. The highest BCUT2D eigenvalue weighted by molar-refractivity contribution is 9.10. The van der Waals surface area contributed by atoms with Crippen molar-refractivity contribution in [3.05, 3.63) is 47.0 Å². The predicted molar refractivity (Wildman–Crippen MR) is 65.4 cm³/mol. The van der Waals surface area contributed by atoms with E-state index in [0.29, 0.717) is 6.54 Å². The Morgan fingerprint density at radius 3 is 2.64 bits per heavy atom. The number of rotatable bonds is 4. The van der Waals surface area contributed by atoms with Gasteiger partial charge in [0.15, 0.2) is 0 Å². The van der Waals surface area contributed by atoms with E-state index in [2.05, 4.69) is 35.5 Å². The first-order chi connectivity index (χ1) is 6.64. The van der Waals surface area contributed by atoms with Crippen LogP contribution < -0.4 is 5.73 Å². The van der Waals surface area contributed by atoms with Gasteiger partial charge >= 0.3 is 0 Å². The Hall–Kier alpha value is -0.600. The molecule has 14 heavy (non-hydrogen) atoms. The number of hydrogen-bond donors (Lipinski definition) is 1. The van der Waals surface area contributed by atoms with Gasteiger partial charge in [-0.3, -0.25) is 0 Å². The molecule has 1 nitrogen and oxygen atoms in total. The molecule has 0 aliphatic heterocycles. The second-order valence-corrected chi connectivity index (χ2v) is 4.59. The van der Waals surface area contributed by atoms with Gasteiger partial charge in [0.2, 0.25) is 0 Å². The highest BCUT2D eigenvalue weighted by Crippen LogP contribution is 2.32. The van der Waals surface area contributed by atoms with Gasteiger partial charge in [-0.2, -0.15) is 0 Å². The van der Waals surface area contributed by atoms with Crippen LogP contribution in [0, 0.1) is 0 Å². The van der Waals surface area contributed by atoms with E-state index in [0.717, 1.165) is 10.9 Å². The van der Waals surface area contributed by atoms with Crippen LogP contribution in [0.3, 0.4) is 0 Å². The average Bonchev–Trinajstić information content (AvgIpc) is 2.18. The number of benzene rings is 1. The summed E-state index contributed by atoms with van der Waals surface area (Å²) in [5, 5.41) is 0. The zero-order chi connectivity index (χ0) is 10.6. The molecule has 0 radical (unpaired) electrons. The van der Waals surface area contributed by atoms with Crippen molar-refractivity contribution in [2.45, 2.75) is 18.8 Å². The fourth-order valence-corrected chi connectivity index (χ4v) is 2.34. The van der Waals surface area contributed by atoms with Crippen LogP contribution in [-0.4, -0.2) is 6.54 Å². The fourth-order valence-electron chi connectivity index (χ4n) is 1.57. The van der Waals surface area contributed by atoms with Crippen molar-refractivity contribution in [3.63, 3.8) is 0 Å². The van der Waals surface area contributed by atoms with E-state index in [4.69, 9.17) is 5.73 Å². The number of allylic oxidation sites excluding steroid dienone is 1. The molecule has 0 fully saturated rings. The van der Waals surface area contributed by atoms with Crippen molar-refractivity contribution in [2.75, 3.05) is 6.54 Å². The predicted octanol–water partition coefficient (Wildman–Crippen LogP) is 3.24.